The van der Waals surface area contributed by atoms with Crippen molar-refractivity contribution in [1.29, 1.82) is 0 Å². The number of ether oxygens (including phenoxy) is 4. The SMILES string of the molecule is COC(=O)NC(C(=O)N1C(c2ncc(-c3ccc4c(c3)COC3=CC5c6[nH]c([C@@H]7CC[C@H](C)N7C(=O)[C@@H](NC(=O)OC)C(C)OC(C)(C)C)nc6C=CC5C=C34)[nH]2)CC[C@@H]1C)C(C)C. The molecule has 1 aromatic carbocycles. The van der Waals surface area contributed by atoms with Crippen molar-refractivity contribution >= 4 is 35.6 Å². The molecule has 2 fully saturated rings. The minimum atomic E-state index is -0.958. The molecule has 0 saturated carbocycles. The minimum absolute atomic E-state index is 0.0178. The fourth-order valence-electron chi connectivity index (χ4n) is 10.1. The predicted molar refractivity (Wildman–Crippen MR) is 239 cm³/mol. The molecule has 3 aromatic rings. The molecule has 8 rings (SSSR count). The maximum atomic E-state index is 14.4. The van der Waals surface area contributed by atoms with E-state index in [0.717, 1.165) is 70.8 Å². The van der Waals surface area contributed by atoms with E-state index in [4.69, 9.17) is 28.9 Å². The van der Waals surface area contributed by atoms with Crippen molar-refractivity contribution in [1.82, 2.24) is 40.4 Å². The van der Waals surface area contributed by atoms with Crippen molar-refractivity contribution in [3.63, 3.8) is 0 Å². The zero-order valence-corrected chi connectivity index (χ0v) is 38.5. The molecular weight excluding hydrogens is 817 g/mol. The molecule has 9 atom stereocenters. The van der Waals surface area contributed by atoms with Gasteiger partial charge in [0.25, 0.3) is 0 Å². The maximum Gasteiger partial charge on any atom is 0.407 e. The number of nitrogens with one attached hydrogen (secondary N) is 4. The predicted octanol–water partition coefficient (Wildman–Crippen LogP) is 7.45. The Morgan fingerprint density at radius 1 is 0.859 bits per heavy atom. The summed E-state index contributed by atoms with van der Waals surface area (Å²) in [7, 11) is 2.57. The average molecular weight is 879 g/mol. The highest BCUT2D eigenvalue weighted by Crippen LogP contribution is 2.47. The number of fused-ring (bicyclic) bond motifs is 6. The van der Waals surface area contributed by atoms with E-state index in [0.29, 0.717) is 18.3 Å². The Morgan fingerprint density at radius 2 is 1.50 bits per heavy atom. The molecule has 2 aliphatic carbocycles. The van der Waals surface area contributed by atoms with Gasteiger partial charge in [-0.3, -0.25) is 9.59 Å². The number of methoxy groups -OCH3 is 2. The standard InChI is InChI=1S/C48H62N8O8/c1-24(2)39(53-46(59)61-9)44(57)55-25(3)11-17-36(55)42-49-22-35(51-42)29-13-15-31-30(19-29)23-63-38-21-32-28(20-33(31)38)14-16-34-41(32)52-43(50-34)37-18-12-26(4)56(37)45(58)40(54-47(60)62-10)27(5)64-48(6,7)8/h13-16,19-22,24-28,32,36-37,39-40H,11-12,17-18,23H2,1-10H3,(H,49,51)(H,50,52)(H,53,59)(H,54,60)/t25-,26-,27?,28?,32?,36?,37-,39?,40-/m0/s1. The van der Waals surface area contributed by atoms with Crippen LogP contribution < -0.4 is 10.6 Å². The summed E-state index contributed by atoms with van der Waals surface area (Å²) in [5.74, 6) is 1.72. The summed E-state index contributed by atoms with van der Waals surface area (Å²) in [4.78, 5) is 73.5. The van der Waals surface area contributed by atoms with Crippen LogP contribution in [0.1, 0.15) is 133 Å². The van der Waals surface area contributed by atoms with Crippen LogP contribution in [0.3, 0.4) is 0 Å². The molecule has 0 radical (unpaired) electrons. The molecular formula is C48H62N8O8. The third kappa shape index (κ3) is 8.55. The topological polar surface area (TPSA) is 193 Å². The van der Waals surface area contributed by atoms with Gasteiger partial charge in [-0.05, 0) is 108 Å². The molecule has 0 bridgehead atoms. The van der Waals surface area contributed by atoms with Gasteiger partial charge in [-0.2, -0.15) is 0 Å². The number of nitrogens with zero attached hydrogens (tertiary/aromatic N) is 4. The summed E-state index contributed by atoms with van der Waals surface area (Å²) in [6.07, 6.45) is 11.6. The van der Waals surface area contributed by atoms with Crippen LogP contribution in [-0.2, 0) is 35.1 Å². The van der Waals surface area contributed by atoms with E-state index < -0.39 is 36.0 Å². The van der Waals surface area contributed by atoms with E-state index in [1.165, 1.54) is 14.2 Å². The lowest BCUT2D eigenvalue weighted by molar-refractivity contribution is -0.144. The minimum Gasteiger partial charge on any atom is -0.489 e. The van der Waals surface area contributed by atoms with Gasteiger partial charge in [0.15, 0.2) is 0 Å². The van der Waals surface area contributed by atoms with E-state index >= 15 is 0 Å². The zero-order valence-electron chi connectivity index (χ0n) is 38.5. The van der Waals surface area contributed by atoms with E-state index in [1.54, 1.807) is 6.92 Å². The second-order valence-electron chi connectivity index (χ2n) is 19.1. The first kappa shape index (κ1) is 44.7. The lowest BCUT2D eigenvalue weighted by Gasteiger charge is -2.35. The molecule has 2 aromatic heterocycles. The highest BCUT2D eigenvalue weighted by atomic mass is 16.5. The molecule has 2 saturated heterocycles. The molecule has 342 valence electrons. The number of alkyl carbamates (subject to hydrolysis) is 2. The van der Waals surface area contributed by atoms with E-state index in [-0.39, 0.29) is 53.7 Å². The average Bonchev–Trinajstić information content (AvgIpc) is 4.08. The number of hydrogen-bond acceptors (Lipinski definition) is 10. The van der Waals surface area contributed by atoms with Crippen LogP contribution >= 0.6 is 0 Å². The van der Waals surface area contributed by atoms with Crippen molar-refractivity contribution in [2.45, 2.75) is 142 Å². The molecule has 16 heteroatoms. The number of benzene rings is 1. The van der Waals surface area contributed by atoms with Crippen LogP contribution in [-0.4, -0.2) is 104 Å². The number of amides is 4. The number of aromatic nitrogens is 4. The first-order valence-electron chi connectivity index (χ1n) is 22.5. The monoisotopic (exact) mass is 878 g/mol. The molecule has 0 spiro atoms. The lowest BCUT2D eigenvalue weighted by atomic mass is 9.77. The Morgan fingerprint density at radius 3 is 2.14 bits per heavy atom. The largest absolute Gasteiger partial charge is 0.489 e. The zero-order chi connectivity index (χ0) is 45.8. The Labute approximate surface area is 374 Å². The Kier molecular flexibility index (Phi) is 12.3. The summed E-state index contributed by atoms with van der Waals surface area (Å²) in [5, 5.41) is 5.47. The van der Waals surface area contributed by atoms with Crippen molar-refractivity contribution in [2.75, 3.05) is 14.2 Å². The Balaban J connectivity index is 0.996. The summed E-state index contributed by atoms with van der Waals surface area (Å²) in [6, 6.07) is 4.01. The molecule has 5 unspecified atom stereocenters. The number of rotatable bonds is 10. The van der Waals surface area contributed by atoms with Crippen molar-refractivity contribution in [2.24, 2.45) is 11.8 Å². The van der Waals surface area contributed by atoms with Crippen molar-refractivity contribution in [3.8, 4) is 11.3 Å². The van der Waals surface area contributed by atoms with Crippen LogP contribution in [0.15, 0.2) is 48.4 Å². The highest BCUT2D eigenvalue weighted by Gasteiger charge is 2.45. The summed E-state index contributed by atoms with van der Waals surface area (Å²) >= 11 is 0. The summed E-state index contributed by atoms with van der Waals surface area (Å²) in [6.45, 7) is 15.8. The quantitative estimate of drug-likeness (QED) is 0.159. The van der Waals surface area contributed by atoms with E-state index in [2.05, 4.69) is 63.1 Å². The number of likely N-dealkylation sites (tertiary alicyclic amines) is 2. The van der Waals surface area contributed by atoms with Gasteiger partial charge in [-0.25, -0.2) is 19.6 Å². The van der Waals surface area contributed by atoms with Gasteiger partial charge in [-0.15, -0.1) is 0 Å². The smallest absolute Gasteiger partial charge is 0.407 e. The van der Waals surface area contributed by atoms with Gasteiger partial charge in [0.2, 0.25) is 11.8 Å². The molecule has 64 heavy (non-hydrogen) atoms. The Bertz CT molecular complexity index is 2390. The van der Waals surface area contributed by atoms with E-state index in [1.807, 2.05) is 64.5 Å². The van der Waals surface area contributed by atoms with Crippen LogP contribution in [0, 0.1) is 11.8 Å². The second kappa shape index (κ2) is 17.6. The molecule has 3 aliphatic heterocycles. The number of imidazole rings is 2. The third-order valence-corrected chi connectivity index (χ3v) is 13.2. The van der Waals surface area contributed by atoms with Gasteiger partial charge >= 0.3 is 12.2 Å². The van der Waals surface area contributed by atoms with Crippen LogP contribution in [0.5, 0.6) is 0 Å². The van der Waals surface area contributed by atoms with Gasteiger partial charge < -0.3 is 49.3 Å². The molecule has 16 nitrogen and oxygen atoms in total. The van der Waals surface area contributed by atoms with Crippen molar-refractivity contribution in [3.05, 3.63) is 82.5 Å². The summed E-state index contributed by atoms with van der Waals surface area (Å²) in [5.41, 5.74) is 6.28. The van der Waals surface area contributed by atoms with Gasteiger partial charge in [0.1, 0.15) is 36.1 Å². The van der Waals surface area contributed by atoms with Crippen LogP contribution in [0.25, 0.3) is 22.9 Å². The summed E-state index contributed by atoms with van der Waals surface area (Å²) < 4.78 is 22.4. The third-order valence-electron chi connectivity index (χ3n) is 13.2. The van der Waals surface area contributed by atoms with Gasteiger partial charge in [0.05, 0.1) is 61.3 Å². The molecule has 5 heterocycles. The van der Waals surface area contributed by atoms with Crippen molar-refractivity contribution < 1.29 is 38.1 Å². The fourth-order valence-corrected chi connectivity index (χ4v) is 10.1. The number of hydrogen-bond donors (Lipinski definition) is 4. The number of aromatic amines is 2. The van der Waals surface area contributed by atoms with Gasteiger partial charge in [-0.1, -0.05) is 38.1 Å². The normalized spacial score (nSPS) is 24.9. The molecule has 4 N–H and O–H groups in total. The van der Waals surface area contributed by atoms with Crippen LogP contribution in [0.4, 0.5) is 9.59 Å². The second-order valence-corrected chi connectivity index (χ2v) is 19.1. The lowest BCUT2D eigenvalue weighted by Crippen LogP contribution is -2.56. The highest BCUT2D eigenvalue weighted by molar-refractivity contribution is 5.88. The maximum absolute atomic E-state index is 14.4. The number of allylic oxidation sites excluding steroid dienone is 4. The Hall–Kier alpha value is -5.90. The van der Waals surface area contributed by atoms with Gasteiger partial charge in [0, 0.05) is 29.5 Å². The number of H-pyrrole nitrogens is 2. The first-order chi connectivity index (χ1) is 30.5. The van der Waals surface area contributed by atoms with E-state index in [9.17, 15) is 19.2 Å². The fraction of sp³-hybridized carbons (Fsp3) is 0.542. The number of carbonyl (C=O) groups excluding carboxylic acids is 4. The molecule has 5 aliphatic rings. The number of carbonyl (C=O) groups is 4. The van der Waals surface area contributed by atoms with Crippen LogP contribution in [0.2, 0.25) is 0 Å². The molecule has 4 amide bonds. The first-order valence-corrected chi connectivity index (χ1v) is 22.5.